The molecule has 0 aliphatic rings. The summed E-state index contributed by atoms with van der Waals surface area (Å²) in [6.45, 7) is 1.74. The molecule has 0 atom stereocenters. The highest BCUT2D eigenvalue weighted by atomic mass is 19.4. The Morgan fingerprint density at radius 2 is 1.71 bits per heavy atom. The number of hydrogen-bond acceptors (Lipinski definition) is 5. The number of hydrogen-bond donors (Lipinski definition) is 2. The number of rotatable bonds is 7. The first-order valence-electron chi connectivity index (χ1n) is 7.49. The second-order valence-electron chi connectivity index (χ2n) is 5.57. The van der Waals surface area contributed by atoms with Crippen LogP contribution in [0.4, 0.5) is 30.5 Å². The first-order chi connectivity index (χ1) is 11.3. The largest absolute Gasteiger partial charge is 0.416 e. The van der Waals surface area contributed by atoms with E-state index in [1.807, 2.05) is 14.1 Å². The molecule has 0 amide bonds. The zero-order valence-corrected chi connectivity index (χ0v) is 13.6. The van der Waals surface area contributed by atoms with Crippen LogP contribution in [-0.2, 0) is 6.18 Å². The molecule has 1 aromatic heterocycles. The van der Waals surface area contributed by atoms with E-state index in [2.05, 4.69) is 25.5 Å². The normalized spacial score (nSPS) is 11.6. The number of anilines is 3. The Kier molecular flexibility index (Phi) is 5.97. The number of benzene rings is 1. The lowest BCUT2D eigenvalue weighted by Gasteiger charge is -2.11. The van der Waals surface area contributed by atoms with Crippen LogP contribution in [0.3, 0.4) is 0 Å². The summed E-state index contributed by atoms with van der Waals surface area (Å²) in [5.74, 6) is 1.18. The topological polar surface area (TPSA) is 53.1 Å². The van der Waals surface area contributed by atoms with E-state index in [1.54, 1.807) is 6.07 Å². The third-order valence-electron chi connectivity index (χ3n) is 3.24. The minimum atomic E-state index is -4.34. The third-order valence-corrected chi connectivity index (χ3v) is 3.24. The van der Waals surface area contributed by atoms with Gasteiger partial charge in [-0.3, -0.25) is 0 Å². The average molecular weight is 339 g/mol. The molecule has 0 aliphatic carbocycles. The molecule has 8 heteroatoms. The summed E-state index contributed by atoms with van der Waals surface area (Å²) in [6.07, 6.45) is -1.96. The molecule has 2 N–H and O–H groups in total. The molecule has 1 aromatic carbocycles. The summed E-state index contributed by atoms with van der Waals surface area (Å²) in [6, 6.07) is 6.52. The standard InChI is InChI=1S/C16H20F3N5/c1-24(2)9-3-8-20-14-10-15(22-11-21-14)23-13-6-4-12(5-7-13)16(17,18)19/h4-7,10-11H,3,8-9H2,1-2H3,(H2,20,21,22,23). The van der Waals surface area contributed by atoms with Gasteiger partial charge in [0.05, 0.1) is 5.56 Å². The van der Waals surface area contributed by atoms with Crippen LogP contribution in [0.5, 0.6) is 0 Å². The minimum Gasteiger partial charge on any atom is -0.370 e. The Morgan fingerprint density at radius 3 is 2.33 bits per heavy atom. The van der Waals surface area contributed by atoms with Gasteiger partial charge in [-0.2, -0.15) is 13.2 Å². The summed E-state index contributed by atoms with van der Waals surface area (Å²) in [5, 5.41) is 6.15. The van der Waals surface area contributed by atoms with Gasteiger partial charge in [0.1, 0.15) is 18.0 Å². The van der Waals surface area contributed by atoms with Gasteiger partial charge >= 0.3 is 6.18 Å². The summed E-state index contributed by atoms with van der Waals surface area (Å²) in [5.41, 5.74) is -0.153. The Bertz CT molecular complexity index is 641. The monoisotopic (exact) mass is 339 g/mol. The molecule has 0 fully saturated rings. The van der Waals surface area contributed by atoms with Gasteiger partial charge in [0.15, 0.2) is 0 Å². The first kappa shape index (κ1) is 18.0. The van der Waals surface area contributed by atoms with Crippen molar-refractivity contribution in [2.75, 3.05) is 37.8 Å². The summed E-state index contributed by atoms with van der Waals surface area (Å²) in [7, 11) is 4.02. The van der Waals surface area contributed by atoms with Crippen molar-refractivity contribution in [1.82, 2.24) is 14.9 Å². The zero-order chi connectivity index (χ0) is 17.6. The molecule has 0 aliphatic heterocycles. The van der Waals surface area contributed by atoms with Crippen molar-refractivity contribution in [3.8, 4) is 0 Å². The molecule has 0 saturated carbocycles. The second kappa shape index (κ2) is 7.96. The van der Waals surface area contributed by atoms with Crippen molar-refractivity contribution < 1.29 is 13.2 Å². The molecule has 130 valence electrons. The number of nitrogens with zero attached hydrogens (tertiary/aromatic N) is 3. The molecule has 1 heterocycles. The van der Waals surface area contributed by atoms with E-state index in [0.717, 1.165) is 31.6 Å². The van der Waals surface area contributed by atoms with E-state index < -0.39 is 11.7 Å². The van der Waals surface area contributed by atoms with Crippen LogP contribution in [-0.4, -0.2) is 42.1 Å². The van der Waals surface area contributed by atoms with Crippen molar-refractivity contribution in [3.63, 3.8) is 0 Å². The maximum absolute atomic E-state index is 12.5. The lowest BCUT2D eigenvalue weighted by Crippen LogP contribution is -2.16. The summed E-state index contributed by atoms with van der Waals surface area (Å²) < 4.78 is 37.6. The average Bonchev–Trinajstić information content (AvgIpc) is 2.51. The Morgan fingerprint density at radius 1 is 1.04 bits per heavy atom. The Hall–Kier alpha value is -2.35. The van der Waals surface area contributed by atoms with Crippen LogP contribution in [0.2, 0.25) is 0 Å². The molecule has 0 saturated heterocycles. The van der Waals surface area contributed by atoms with Crippen LogP contribution in [0.1, 0.15) is 12.0 Å². The molecular weight excluding hydrogens is 319 g/mol. The second-order valence-corrected chi connectivity index (χ2v) is 5.57. The fourth-order valence-corrected chi connectivity index (χ4v) is 2.02. The van der Waals surface area contributed by atoms with Crippen molar-refractivity contribution in [2.45, 2.75) is 12.6 Å². The summed E-state index contributed by atoms with van der Waals surface area (Å²) >= 11 is 0. The molecule has 2 rings (SSSR count). The Balaban J connectivity index is 1.94. The van der Waals surface area contributed by atoms with Gasteiger partial charge in [0.2, 0.25) is 0 Å². The van der Waals surface area contributed by atoms with E-state index in [-0.39, 0.29) is 0 Å². The van der Waals surface area contributed by atoms with Crippen molar-refractivity contribution in [1.29, 1.82) is 0 Å². The SMILES string of the molecule is CN(C)CCCNc1cc(Nc2ccc(C(F)(F)F)cc2)ncn1. The maximum atomic E-state index is 12.5. The molecule has 0 radical (unpaired) electrons. The zero-order valence-electron chi connectivity index (χ0n) is 13.6. The van der Waals surface area contributed by atoms with Gasteiger partial charge in [-0.15, -0.1) is 0 Å². The number of halogens is 3. The van der Waals surface area contributed by atoms with Crippen LogP contribution < -0.4 is 10.6 Å². The third kappa shape index (κ3) is 5.69. The van der Waals surface area contributed by atoms with Crippen LogP contribution >= 0.6 is 0 Å². The highest BCUT2D eigenvalue weighted by molar-refractivity contribution is 5.59. The lowest BCUT2D eigenvalue weighted by molar-refractivity contribution is -0.137. The predicted octanol–water partition coefficient (Wildman–Crippen LogP) is 3.60. The highest BCUT2D eigenvalue weighted by Crippen LogP contribution is 2.30. The van der Waals surface area contributed by atoms with Gasteiger partial charge in [-0.1, -0.05) is 0 Å². The number of alkyl halides is 3. The molecule has 0 bridgehead atoms. The molecular formula is C16H20F3N5. The van der Waals surface area contributed by atoms with Crippen molar-refractivity contribution >= 4 is 17.3 Å². The molecule has 24 heavy (non-hydrogen) atoms. The highest BCUT2D eigenvalue weighted by Gasteiger charge is 2.29. The summed E-state index contributed by atoms with van der Waals surface area (Å²) in [4.78, 5) is 10.3. The van der Waals surface area contributed by atoms with E-state index in [9.17, 15) is 13.2 Å². The molecule has 0 unspecified atom stereocenters. The predicted molar refractivity (Wildman–Crippen MR) is 88.4 cm³/mol. The van der Waals surface area contributed by atoms with Crippen LogP contribution in [0.15, 0.2) is 36.7 Å². The minimum absolute atomic E-state index is 0.514. The van der Waals surface area contributed by atoms with Gasteiger partial charge in [-0.05, 0) is 51.3 Å². The van der Waals surface area contributed by atoms with Crippen LogP contribution in [0, 0.1) is 0 Å². The molecule has 2 aromatic rings. The van der Waals surface area contributed by atoms with Gasteiger partial charge < -0.3 is 15.5 Å². The fraction of sp³-hybridized carbons (Fsp3) is 0.375. The number of nitrogens with one attached hydrogen (secondary N) is 2. The Labute approximate surface area is 138 Å². The van der Waals surface area contributed by atoms with E-state index in [4.69, 9.17) is 0 Å². The van der Waals surface area contributed by atoms with Crippen molar-refractivity contribution in [3.05, 3.63) is 42.2 Å². The quantitative estimate of drug-likeness (QED) is 0.755. The van der Waals surface area contributed by atoms with E-state index in [1.165, 1.54) is 18.5 Å². The van der Waals surface area contributed by atoms with Crippen LogP contribution in [0.25, 0.3) is 0 Å². The van der Waals surface area contributed by atoms with E-state index >= 15 is 0 Å². The first-order valence-corrected chi connectivity index (χ1v) is 7.49. The number of aromatic nitrogens is 2. The smallest absolute Gasteiger partial charge is 0.370 e. The molecule has 0 spiro atoms. The van der Waals surface area contributed by atoms with Gasteiger partial charge in [0, 0.05) is 18.3 Å². The van der Waals surface area contributed by atoms with Gasteiger partial charge in [0.25, 0.3) is 0 Å². The van der Waals surface area contributed by atoms with E-state index in [0.29, 0.717) is 17.3 Å². The fourth-order valence-electron chi connectivity index (χ4n) is 2.02. The molecule has 5 nitrogen and oxygen atoms in total. The van der Waals surface area contributed by atoms with Gasteiger partial charge in [-0.25, -0.2) is 9.97 Å². The maximum Gasteiger partial charge on any atom is 0.416 e. The van der Waals surface area contributed by atoms with Crippen molar-refractivity contribution in [2.24, 2.45) is 0 Å². The lowest BCUT2D eigenvalue weighted by atomic mass is 10.2.